The van der Waals surface area contributed by atoms with Crippen molar-refractivity contribution < 1.29 is 14.2 Å². The molecule has 0 aliphatic rings. The number of anilines is 1. The normalized spacial score (nSPS) is 10.5. The van der Waals surface area contributed by atoms with Gasteiger partial charge in [0.15, 0.2) is 0 Å². The second kappa shape index (κ2) is 11.8. The second-order valence-electron chi connectivity index (χ2n) is 6.65. The molecule has 0 saturated heterocycles. The van der Waals surface area contributed by atoms with Gasteiger partial charge in [0, 0.05) is 31.3 Å². The molecule has 3 aromatic carbocycles. The highest BCUT2D eigenvalue weighted by Crippen LogP contribution is 2.19. The molecule has 0 saturated carbocycles. The van der Waals surface area contributed by atoms with Gasteiger partial charge in [-0.1, -0.05) is 48.5 Å². The molecule has 152 valence electrons. The lowest BCUT2D eigenvalue weighted by Crippen LogP contribution is -2.06. The molecule has 3 rings (SSSR count). The smallest absolute Gasteiger partial charge is 0.121 e. The Bertz CT molecular complexity index is 834. The molecule has 0 aliphatic carbocycles. The Morgan fingerprint density at radius 3 is 2.28 bits per heavy atom. The molecule has 0 amide bonds. The number of hydrogen-bond donors (Lipinski definition) is 1. The zero-order valence-corrected chi connectivity index (χ0v) is 17.0. The number of nitrogens with one attached hydrogen (secondary N) is 1. The molecule has 1 N–H and O–H groups in total. The van der Waals surface area contributed by atoms with Crippen LogP contribution in [0.4, 0.5) is 5.69 Å². The summed E-state index contributed by atoms with van der Waals surface area (Å²) < 4.78 is 16.9. The van der Waals surface area contributed by atoms with Crippen molar-refractivity contribution in [1.82, 2.24) is 0 Å². The molecule has 29 heavy (non-hydrogen) atoms. The number of benzene rings is 3. The van der Waals surface area contributed by atoms with Crippen LogP contribution in [0, 0.1) is 0 Å². The van der Waals surface area contributed by atoms with Crippen LogP contribution >= 0.6 is 0 Å². The molecule has 4 nitrogen and oxygen atoms in total. The largest absolute Gasteiger partial charge is 0.493 e. The monoisotopic (exact) mass is 391 g/mol. The van der Waals surface area contributed by atoms with Crippen LogP contribution in [-0.4, -0.2) is 26.4 Å². The van der Waals surface area contributed by atoms with Crippen molar-refractivity contribution in [2.24, 2.45) is 0 Å². The van der Waals surface area contributed by atoms with Crippen LogP contribution in [0.25, 0.3) is 0 Å². The van der Waals surface area contributed by atoms with E-state index in [0.717, 1.165) is 30.2 Å². The second-order valence-corrected chi connectivity index (χ2v) is 6.65. The molecule has 0 radical (unpaired) electrons. The van der Waals surface area contributed by atoms with Gasteiger partial charge in [0.2, 0.25) is 0 Å². The fourth-order valence-corrected chi connectivity index (χ4v) is 2.90. The Kier molecular flexibility index (Phi) is 8.42. The van der Waals surface area contributed by atoms with E-state index < -0.39 is 0 Å². The topological polar surface area (TPSA) is 39.7 Å². The molecule has 0 aliphatic heterocycles. The van der Waals surface area contributed by atoms with E-state index in [4.69, 9.17) is 14.2 Å². The first-order valence-electron chi connectivity index (χ1n) is 10.1. The van der Waals surface area contributed by atoms with Crippen molar-refractivity contribution in [2.45, 2.75) is 19.9 Å². The van der Waals surface area contributed by atoms with Crippen LogP contribution in [0.3, 0.4) is 0 Å². The Morgan fingerprint density at radius 1 is 0.690 bits per heavy atom. The zero-order valence-electron chi connectivity index (χ0n) is 17.0. The Hall–Kier alpha value is -2.98. The van der Waals surface area contributed by atoms with E-state index in [1.807, 2.05) is 49.4 Å². The van der Waals surface area contributed by atoms with Gasteiger partial charge in [-0.3, -0.25) is 0 Å². The predicted octanol–water partition coefficient (Wildman–Crippen LogP) is 5.34. The minimum atomic E-state index is 0.559. The van der Waals surface area contributed by atoms with Crippen LogP contribution in [-0.2, 0) is 17.7 Å². The SMILES string of the molecule is CCOCCOc1cccc(NCc2ccc(OCCc3ccccc3)cc2)c1. The van der Waals surface area contributed by atoms with E-state index >= 15 is 0 Å². The molecule has 3 aromatic rings. The predicted molar refractivity (Wildman–Crippen MR) is 118 cm³/mol. The van der Waals surface area contributed by atoms with Gasteiger partial charge in [-0.05, 0) is 42.3 Å². The van der Waals surface area contributed by atoms with E-state index in [1.54, 1.807) is 0 Å². The summed E-state index contributed by atoms with van der Waals surface area (Å²) >= 11 is 0. The van der Waals surface area contributed by atoms with Gasteiger partial charge in [0.25, 0.3) is 0 Å². The van der Waals surface area contributed by atoms with E-state index in [2.05, 4.69) is 41.7 Å². The van der Waals surface area contributed by atoms with E-state index in [-0.39, 0.29) is 0 Å². The summed E-state index contributed by atoms with van der Waals surface area (Å²) in [6, 6.07) is 26.6. The third kappa shape index (κ3) is 7.51. The van der Waals surface area contributed by atoms with Gasteiger partial charge in [0.05, 0.1) is 13.2 Å². The van der Waals surface area contributed by atoms with Crippen molar-refractivity contribution in [2.75, 3.05) is 31.7 Å². The molecule has 4 heteroatoms. The highest BCUT2D eigenvalue weighted by molar-refractivity contribution is 5.48. The van der Waals surface area contributed by atoms with Crippen molar-refractivity contribution >= 4 is 5.69 Å². The average molecular weight is 392 g/mol. The average Bonchev–Trinajstić information content (AvgIpc) is 2.77. The zero-order chi connectivity index (χ0) is 20.2. The molecule has 0 bridgehead atoms. The maximum absolute atomic E-state index is 5.85. The summed E-state index contributed by atoms with van der Waals surface area (Å²) in [6.45, 7) is 5.27. The molecule has 0 fully saturated rings. The van der Waals surface area contributed by atoms with Crippen molar-refractivity contribution in [1.29, 1.82) is 0 Å². The van der Waals surface area contributed by atoms with Crippen molar-refractivity contribution in [3.63, 3.8) is 0 Å². The van der Waals surface area contributed by atoms with Crippen LogP contribution in [0.2, 0.25) is 0 Å². The first-order chi connectivity index (χ1) is 14.3. The van der Waals surface area contributed by atoms with Crippen LogP contribution in [0.15, 0.2) is 78.9 Å². The van der Waals surface area contributed by atoms with Gasteiger partial charge < -0.3 is 19.5 Å². The van der Waals surface area contributed by atoms with E-state index in [9.17, 15) is 0 Å². The summed E-state index contributed by atoms with van der Waals surface area (Å²) in [7, 11) is 0. The number of rotatable bonds is 12. The number of hydrogen-bond acceptors (Lipinski definition) is 4. The summed E-state index contributed by atoms with van der Waals surface area (Å²) in [5.74, 6) is 1.74. The van der Waals surface area contributed by atoms with Gasteiger partial charge in [0.1, 0.15) is 18.1 Å². The molecule has 0 spiro atoms. The van der Waals surface area contributed by atoms with Crippen LogP contribution in [0.5, 0.6) is 11.5 Å². The summed E-state index contributed by atoms with van der Waals surface area (Å²) in [4.78, 5) is 0. The molecule has 0 aromatic heterocycles. The first kappa shape index (κ1) is 20.7. The molecule has 0 heterocycles. The van der Waals surface area contributed by atoms with Crippen LogP contribution in [0.1, 0.15) is 18.1 Å². The molecular formula is C25H29NO3. The molecule has 0 unspecified atom stereocenters. The van der Waals surface area contributed by atoms with E-state index in [0.29, 0.717) is 26.4 Å². The van der Waals surface area contributed by atoms with E-state index in [1.165, 1.54) is 11.1 Å². The molecular weight excluding hydrogens is 362 g/mol. The number of ether oxygens (including phenoxy) is 3. The maximum Gasteiger partial charge on any atom is 0.121 e. The third-order valence-corrected chi connectivity index (χ3v) is 4.46. The van der Waals surface area contributed by atoms with Gasteiger partial charge in [-0.25, -0.2) is 0 Å². The summed E-state index contributed by atoms with van der Waals surface area (Å²) in [6.07, 6.45) is 0.910. The maximum atomic E-state index is 5.85. The Labute approximate surface area is 173 Å². The third-order valence-electron chi connectivity index (χ3n) is 4.46. The lowest BCUT2D eigenvalue weighted by Gasteiger charge is -2.11. The minimum absolute atomic E-state index is 0.559. The fraction of sp³-hybridized carbons (Fsp3) is 0.280. The first-order valence-corrected chi connectivity index (χ1v) is 10.1. The van der Waals surface area contributed by atoms with Gasteiger partial charge in [-0.2, -0.15) is 0 Å². The standard InChI is InChI=1S/C25H29NO3/c1-2-27-17-18-29-25-10-6-9-23(19-25)26-20-22-11-13-24(14-12-22)28-16-15-21-7-4-3-5-8-21/h3-14,19,26H,2,15-18,20H2,1H3. The lowest BCUT2D eigenvalue weighted by molar-refractivity contribution is 0.110. The minimum Gasteiger partial charge on any atom is -0.493 e. The highest BCUT2D eigenvalue weighted by Gasteiger charge is 2.00. The fourth-order valence-electron chi connectivity index (χ4n) is 2.90. The quantitative estimate of drug-likeness (QED) is 0.423. The van der Waals surface area contributed by atoms with Crippen molar-refractivity contribution in [3.05, 3.63) is 90.0 Å². The lowest BCUT2D eigenvalue weighted by atomic mass is 10.2. The summed E-state index contributed by atoms with van der Waals surface area (Å²) in [5.41, 5.74) is 3.52. The van der Waals surface area contributed by atoms with Gasteiger partial charge in [-0.15, -0.1) is 0 Å². The highest BCUT2D eigenvalue weighted by atomic mass is 16.5. The Balaban J connectivity index is 1.41. The molecule has 0 atom stereocenters. The van der Waals surface area contributed by atoms with Crippen molar-refractivity contribution in [3.8, 4) is 11.5 Å². The summed E-state index contributed by atoms with van der Waals surface area (Å²) in [5, 5.41) is 3.43. The van der Waals surface area contributed by atoms with Crippen LogP contribution < -0.4 is 14.8 Å². The Morgan fingerprint density at radius 2 is 1.48 bits per heavy atom. The van der Waals surface area contributed by atoms with Gasteiger partial charge >= 0.3 is 0 Å².